The van der Waals surface area contributed by atoms with Crippen LogP contribution in [0.15, 0.2) is 11.6 Å². The number of rotatable bonds is 9. The second-order valence-electron chi connectivity index (χ2n) is 11.0. The molecular formula is C25H45N3O4. The van der Waals surface area contributed by atoms with Crippen LogP contribution in [-0.4, -0.2) is 71.0 Å². The van der Waals surface area contributed by atoms with E-state index in [-0.39, 0.29) is 35.4 Å². The van der Waals surface area contributed by atoms with Crippen molar-refractivity contribution < 1.29 is 19.5 Å². The molecule has 0 spiro atoms. The summed E-state index contributed by atoms with van der Waals surface area (Å²) >= 11 is 0. The third-order valence-electron chi connectivity index (χ3n) is 6.15. The molecule has 0 aliphatic carbocycles. The molecule has 1 aliphatic rings. The Bertz CT molecular complexity index is 694. The highest BCUT2D eigenvalue weighted by molar-refractivity contribution is 5.91. The first-order valence-corrected chi connectivity index (χ1v) is 11.9. The van der Waals surface area contributed by atoms with Gasteiger partial charge < -0.3 is 15.3 Å². The van der Waals surface area contributed by atoms with Crippen molar-refractivity contribution >= 4 is 17.8 Å². The summed E-state index contributed by atoms with van der Waals surface area (Å²) in [6.45, 7) is 17.3. The molecule has 1 unspecified atom stereocenters. The number of carboxylic acids is 1. The van der Waals surface area contributed by atoms with Crippen molar-refractivity contribution in [3.63, 3.8) is 0 Å². The SMILES string of the molecule is C/C(=C\[C@H](C(C)C)N(C)C(=O)[C@@H](NC(=O)C1CCCCN1CC(C)C)C(C)(C)C)C(=O)O. The van der Waals surface area contributed by atoms with E-state index in [9.17, 15) is 19.5 Å². The van der Waals surface area contributed by atoms with E-state index in [1.54, 1.807) is 18.0 Å². The first-order valence-electron chi connectivity index (χ1n) is 11.9. The fourth-order valence-electron chi connectivity index (χ4n) is 4.29. The minimum absolute atomic E-state index is 0.0226. The van der Waals surface area contributed by atoms with Gasteiger partial charge in [-0.05, 0) is 43.6 Å². The molecule has 0 aromatic carbocycles. The maximum atomic E-state index is 13.6. The third-order valence-corrected chi connectivity index (χ3v) is 6.15. The average molecular weight is 452 g/mol. The number of carbonyl (C=O) groups is 3. The number of aliphatic carboxylic acids is 1. The summed E-state index contributed by atoms with van der Waals surface area (Å²) in [5, 5.41) is 12.4. The van der Waals surface area contributed by atoms with Crippen LogP contribution in [0.3, 0.4) is 0 Å². The second-order valence-corrected chi connectivity index (χ2v) is 11.0. The van der Waals surface area contributed by atoms with Crippen LogP contribution in [0.2, 0.25) is 0 Å². The van der Waals surface area contributed by atoms with Gasteiger partial charge in [-0.15, -0.1) is 0 Å². The van der Waals surface area contributed by atoms with E-state index in [4.69, 9.17) is 0 Å². The molecule has 2 amide bonds. The number of carbonyl (C=O) groups excluding carboxylic acids is 2. The number of carboxylic acid groups (broad SMARTS) is 1. The van der Waals surface area contributed by atoms with Gasteiger partial charge in [0.15, 0.2) is 0 Å². The quantitative estimate of drug-likeness (QED) is 0.523. The molecule has 0 aromatic rings. The van der Waals surface area contributed by atoms with E-state index in [0.717, 1.165) is 32.4 Å². The number of nitrogens with zero attached hydrogens (tertiary/aromatic N) is 2. The number of hydrogen-bond donors (Lipinski definition) is 2. The van der Waals surface area contributed by atoms with E-state index in [2.05, 4.69) is 24.1 Å². The van der Waals surface area contributed by atoms with E-state index >= 15 is 0 Å². The van der Waals surface area contributed by atoms with Crippen molar-refractivity contribution in [3.8, 4) is 0 Å². The molecule has 1 aliphatic heterocycles. The van der Waals surface area contributed by atoms with Gasteiger partial charge in [0.1, 0.15) is 6.04 Å². The van der Waals surface area contributed by atoms with Gasteiger partial charge in [0, 0.05) is 19.2 Å². The lowest BCUT2D eigenvalue weighted by molar-refractivity contribution is -0.142. The second kappa shape index (κ2) is 11.8. The molecule has 0 bridgehead atoms. The van der Waals surface area contributed by atoms with Crippen LogP contribution in [0, 0.1) is 17.3 Å². The van der Waals surface area contributed by atoms with Crippen molar-refractivity contribution in [2.45, 2.75) is 92.8 Å². The third kappa shape index (κ3) is 7.91. The number of likely N-dealkylation sites (N-methyl/N-ethyl adjacent to an activating group) is 1. The first kappa shape index (κ1) is 28.1. The number of amides is 2. The highest BCUT2D eigenvalue weighted by Gasteiger charge is 2.39. The smallest absolute Gasteiger partial charge is 0.331 e. The van der Waals surface area contributed by atoms with Gasteiger partial charge in [-0.2, -0.15) is 0 Å². The summed E-state index contributed by atoms with van der Waals surface area (Å²) < 4.78 is 0. The minimum atomic E-state index is -1.00. The molecule has 1 rings (SSSR count). The molecule has 0 radical (unpaired) electrons. The highest BCUT2D eigenvalue weighted by atomic mass is 16.4. The van der Waals surface area contributed by atoms with E-state index < -0.39 is 17.4 Å². The highest BCUT2D eigenvalue weighted by Crippen LogP contribution is 2.25. The largest absolute Gasteiger partial charge is 0.478 e. The van der Waals surface area contributed by atoms with Crippen LogP contribution >= 0.6 is 0 Å². The van der Waals surface area contributed by atoms with Crippen molar-refractivity contribution in [3.05, 3.63) is 11.6 Å². The molecule has 1 saturated heterocycles. The van der Waals surface area contributed by atoms with Gasteiger partial charge >= 0.3 is 5.97 Å². The maximum absolute atomic E-state index is 13.6. The predicted octanol–water partition coefficient (Wildman–Crippen LogP) is 3.54. The van der Waals surface area contributed by atoms with Gasteiger partial charge in [-0.3, -0.25) is 14.5 Å². The van der Waals surface area contributed by atoms with Crippen LogP contribution in [0.25, 0.3) is 0 Å². The summed E-state index contributed by atoms with van der Waals surface area (Å²) in [5.41, 5.74) is -0.294. The van der Waals surface area contributed by atoms with E-state index in [1.807, 2.05) is 34.6 Å². The zero-order chi connectivity index (χ0) is 24.8. The molecule has 7 nitrogen and oxygen atoms in total. The Morgan fingerprint density at radius 1 is 1.16 bits per heavy atom. The van der Waals surface area contributed by atoms with Crippen LogP contribution in [-0.2, 0) is 14.4 Å². The Balaban J connectivity index is 3.13. The summed E-state index contributed by atoms with van der Waals surface area (Å²) in [5.74, 6) is -0.810. The Labute approximate surface area is 194 Å². The minimum Gasteiger partial charge on any atom is -0.478 e. The van der Waals surface area contributed by atoms with Crippen LogP contribution in [0.4, 0.5) is 0 Å². The lowest BCUT2D eigenvalue weighted by Crippen LogP contribution is -2.60. The van der Waals surface area contributed by atoms with E-state index in [0.29, 0.717) is 5.92 Å². The average Bonchev–Trinajstić information content (AvgIpc) is 2.67. The predicted molar refractivity (Wildman–Crippen MR) is 128 cm³/mol. The Hall–Kier alpha value is -1.89. The molecule has 2 N–H and O–H groups in total. The van der Waals surface area contributed by atoms with Crippen molar-refractivity contribution in [2.75, 3.05) is 20.1 Å². The molecule has 0 aromatic heterocycles. The summed E-state index contributed by atoms with van der Waals surface area (Å²) in [4.78, 5) is 42.1. The van der Waals surface area contributed by atoms with Gasteiger partial charge in [-0.25, -0.2) is 4.79 Å². The zero-order valence-electron chi connectivity index (χ0n) is 21.6. The van der Waals surface area contributed by atoms with Crippen molar-refractivity contribution in [1.82, 2.24) is 15.1 Å². The summed E-state index contributed by atoms with van der Waals surface area (Å²) in [7, 11) is 1.69. The standard InChI is InChI=1S/C25H45N3O4/c1-16(2)15-28-13-11-10-12-19(28)22(29)26-21(25(6,7)8)23(30)27(9)20(17(3)4)14-18(5)24(31)32/h14,16-17,19-21H,10-13,15H2,1-9H3,(H,26,29)(H,31,32)/b18-14+/t19?,20-,21-/m1/s1. The lowest BCUT2D eigenvalue weighted by atomic mass is 9.84. The van der Waals surface area contributed by atoms with Gasteiger partial charge in [0.05, 0.1) is 12.1 Å². The molecule has 184 valence electrons. The summed E-state index contributed by atoms with van der Waals surface area (Å²) in [6, 6.07) is -1.31. The normalized spacial score (nSPS) is 20.2. The number of hydrogen-bond acceptors (Lipinski definition) is 4. The molecule has 3 atom stereocenters. The monoisotopic (exact) mass is 451 g/mol. The maximum Gasteiger partial charge on any atom is 0.331 e. The number of nitrogens with one attached hydrogen (secondary N) is 1. The molecule has 0 saturated carbocycles. The van der Waals surface area contributed by atoms with Crippen molar-refractivity contribution in [2.24, 2.45) is 17.3 Å². The topological polar surface area (TPSA) is 90.0 Å². The number of likely N-dealkylation sites (tertiary alicyclic amines) is 1. The van der Waals surface area contributed by atoms with Gasteiger partial charge in [0.2, 0.25) is 11.8 Å². The number of piperidine rings is 1. The fraction of sp³-hybridized carbons (Fsp3) is 0.800. The van der Waals surface area contributed by atoms with Crippen LogP contribution in [0.1, 0.15) is 74.7 Å². The van der Waals surface area contributed by atoms with Crippen molar-refractivity contribution in [1.29, 1.82) is 0 Å². The van der Waals surface area contributed by atoms with Crippen LogP contribution < -0.4 is 5.32 Å². The first-order chi connectivity index (χ1) is 14.7. The molecular weight excluding hydrogens is 406 g/mol. The van der Waals surface area contributed by atoms with Gasteiger partial charge in [-0.1, -0.05) is 61.0 Å². The van der Waals surface area contributed by atoms with Gasteiger partial charge in [0.25, 0.3) is 0 Å². The molecule has 7 heteroatoms. The Kier molecular flexibility index (Phi) is 10.4. The zero-order valence-corrected chi connectivity index (χ0v) is 21.6. The molecule has 1 heterocycles. The Morgan fingerprint density at radius 3 is 2.22 bits per heavy atom. The Morgan fingerprint density at radius 2 is 1.75 bits per heavy atom. The lowest BCUT2D eigenvalue weighted by Gasteiger charge is -2.40. The molecule has 1 fully saturated rings. The molecule has 32 heavy (non-hydrogen) atoms. The fourth-order valence-corrected chi connectivity index (χ4v) is 4.29. The van der Waals surface area contributed by atoms with E-state index in [1.165, 1.54) is 6.92 Å². The van der Waals surface area contributed by atoms with Crippen LogP contribution in [0.5, 0.6) is 0 Å². The summed E-state index contributed by atoms with van der Waals surface area (Å²) in [6.07, 6.45) is 4.52.